The predicted octanol–water partition coefficient (Wildman–Crippen LogP) is 4.52. The zero-order chi connectivity index (χ0) is 22.2. The molecule has 3 aromatic heterocycles. The van der Waals surface area contributed by atoms with Crippen LogP contribution in [0.4, 0.5) is 5.69 Å². The second-order valence-electron chi connectivity index (χ2n) is 8.55. The highest BCUT2D eigenvalue weighted by Crippen LogP contribution is 2.34. The Kier molecular flexibility index (Phi) is 5.83. The normalized spacial score (nSPS) is 15.5. The van der Waals surface area contributed by atoms with Crippen LogP contribution < -0.4 is 5.32 Å². The monoisotopic (exact) mass is 440 g/mol. The van der Waals surface area contributed by atoms with Gasteiger partial charge in [0, 0.05) is 29.8 Å². The van der Waals surface area contributed by atoms with Crippen molar-refractivity contribution in [2.45, 2.75) is 69.1 Å². The van der Waals surface area contributed by atoms with Gasteiger partial charge in [0.15, 0.2) is 14.9 Å². The standard InChI is InChI=1S/C23H28N4O3S/c1-15(2)21-23(31(29,30)18-7-5-4-6-8-18)27-14-16(3)19(13-20(27)26-21)22(28)25-17-9-11-24-12-10-17/h9-15,18H,4-8H2,1-3H3,(H,24,25,28). The maximum Gasteiger partial charge on any atom is 0.256 e. The molecule has 0 saturated heterocycles. The summed E-state index contributed by atoms with van der Waals surface area (Å²) in [5.74, 6) is -0.320. The summed E-state index contributed by atoms with van der Waals surface area (Å²) in [6.45, 7) is 5.71. The van der Waals surface area contributed by atoms with E-state index in [4.69, 9.17) is 0 Å². The van der Waals surface area contributed by atoms with Crippen LogP contribution in [-0.2, 0) is 9.84 Å². The minimum atomic E-state index is -3.53. The van der Waals surface area contributed by atoms with Crippen molar-refractivity contribution in [1.82, 2.24) is 14.4 Å². The molecule has 7 nitrogen and oxygen atoms in total. The first-order chi connectivity index (χ1) is 14.8. The lowest BCUT2D eigenvalue weighted by Gasteiger charge is -2.22. The summed E-state index contributed by atoms with van der Waals surface area (Å²) in [6, 6.07) is 5.11. The molecular weight excluding hydrogens is 412 g/mol. The summed E-state index contributed by atoms with van der Waals surface area (Å²) >= 11 is 0. The molecule has 1 saturated carbocycles. The van der Waals surface area contributed by atoms with Gasteiger partial charge in [-0.05, 0) is 49.4 Å². The first kappa shape index (κ1) is 21.5. The van der Waals surface area contributed by atoms with Gasteiger partial charge in [-0.1, -0.05) is 33.1 Å². The summed E-state index contributed by atoms with van der Waals surface area (Å²) in [6.07, 6.45) is 9.30. The van der Waals surface area contributed by atoms with Crippen LogP contribution in [-0.4, -0.2) is 33.9 Å². The van der Waals surface area contributed by atoms with Gasteiger partial charge in [0.25, 0.3) is 5.91 Å². The maximum absolute atomic E-state index is 13.6. The number of sulfone groups is 1. The number of carbonyl (C=O) groups excluding carboxylic acids is 1. The van der Waals surface area contributed by atoms with E-state index in [1.807, 2.05) is 20.8 Å². The van der Waals surface area contributed by atoms with Gasteiger partial charge in [-0.15, -0.1) is 0 Å². The predicted molar refractivity (Wildman–Crippen MR) is 120 cm³/mol. The topological polar surface area (TPSA) is 93.4 Å². The van der Waals surface area contributed by atoms with Crippen molar-refractivity contribution in [2.24, 2.45) is 0 Å². The van der Waals surface area contributed by atoms with Crippen molar-refractivity contribution in [2.75, 3.05) is 5.32 Å². The Morgan fingerprint density at radius 2 is 1.84 bits per heavy atom. The first-order valence-electron chi connectivity index (χ1n) is 10.8. The molecule has 1 fully saturated rings. The van der Waals surface area contributed by atoms with Gasteiger partial charge in [-0.2, -0.15) is 0 Å². The van der Waals surface area contributed by atoms with E-state index >= 15 is 0 Å². The molecule has 8 heteroatoms. The third-order valence-corrected chi connectivity index (χ3v) is 8.22. The van der Waals surface area contributed by atoms with E-state index in [1.165, 1.54) is 0 Å². The minimum Gasteiger partial charge on any atom is -0.322 e. The van der Waals surface area contributed by atoms with E-state index in [-0.39, 0.29) is 22.1 Å². The highest BCUT2D eigenvalue weighted by molar-refractivity contribution is 7.92. The van der Waals surface area contributed by atoms with E-state index in [0.717, 1.165) is 19.3 Å². The molecule has 0 aliphatic heterocycles. The number of anilines is 1. The summed E-state index contributed by atoms with van der Waals surface area (Å²) in [5.41, 5.74) is 2.84. The van der Waals surface area contributed by atoms with E-state index in [9.17, 15) is 13.2 Å². The summed E-state index contributed by atoms with van der Waals surface area (Å²) in [7, 11) is -3.53. The van der Waals surface area contributed by atoms with Gasteiger partial charge < -0.3 is 5.32 Å². The molecule has 31 heavy (non-hydrogen) atoms. The van der Waals surface area contributed by atoms with Crippen LogP contribution in [0.2, 0.25) is 0 Å². The fourth-order valence-electron chi connectivity index (χ4n) is 4.26. The van der Waals surface area contributed by atoms with Crippen molar-refractivity contribution in [3.05, 3.63) is 53.6 Å². The molecule has 0 unspecified atom stereocenters. The number of hydrogen-bond donors (Lipinski definition) is 1. The highest BCUT2D eigenvalue weighted by atomic mass is 32.2. The van der Waals surface area contributed by atoms with Gasteiger partial charge in [-0.3, -0.25) is 14.2 Å². The second kappa shape index (κ2) is 8.42. The number of aromatic nitrogens is 3. The quantitative estimate of drug-likeness (QED) is 0.630. The fourth-order valence-corrected chi connectivity index (χ4v) is 6.52. The minimum absolute atomic E-state index is 0.0531. The Balaban J connectivity index is 1.80. The fraction of sp³-hybridized carbons (Fsp3) is 0.435. The van der Waals surface area contributed by atoms with E-state index < -0.39 is 9.84 Å². The van der Waals surface area contributed by atoms with Crippen LogP contribution in [0.25, 0.3) is 5.65 Å². The van der Waals surface area contributed by atoms with E-state index in [2.05, 4.69) is 15.3 Å². The Hall–Kier alpha value is -2.74. The van der Waals surface area contributed by atoms with Crippen LogP contribution in [0.1, 0.15) is 73.5 Å². The number of carbonyl (C=O) groups is 1. The molecule has 0 atom stereocenters. The summed E-state index contributed by atoms with van der Waals surface area (Å²) < 4.78 is 28.9. The van der Waals surface area contributed by atoms with Crippen molar-refractivity contribution in [3.63, 3.8) is 0 Å². The van der Waals surface area contributed by atoms with Gasteiger partial charge in [0.1, 0.15) is 5.65 Å². The van der Waals surface area contributed by atoms with Crippen LogP contribution in [0.15, 0.2) is 41.8 Å². The molecule has 1 aliphatic rings. The largest absolute Gasteiger partial charge is 0.322 e. The average molecular weight is 441 g/mol. The molecule has 164 valence electrons. The highest BCUT2D eigenvalue weighted by Gasteiger charge is 2.35. The lowest BCUT2D eigenvalue weighted by atomic mass is 10.0. The zero-order valence-electron chi connectivity index (χ0n) is 18.1. The lowest BCUT2D eigenvalue weighted by Crippen LogP contribution is -2.26. The number of nitrogens with one attached hydrogen (secondary N) is 1. The number of pyridine rings is 2. The Labute approximate surface area is 182 Å². The Bertz CT molecular complexity index is 1210. The molecule has 1 aliphatic carbocycles. The van der Waals surface area contributed by atoms with Gasteiger partial charge in [-0.25, -0.2) is 13.4 Å². The zero-order valence-corrected chi connectivity index (χ0v) is 18.9. The number of hydrogen-bond acceptors (Lipinski definition) is 5. The van der Waals surface area contributed by atoms with Crippen LogP contribution in [0.5, 0.6) is 0 Å². The van der Waals surface area contributed by atoms with Gasteiger partial charge in [0.05, 0.1) is 10.9 Å². The third kappa shape index (κ3) is 4.08. The maximum atomic E-state index is 13.6. The number of imidazole rings is 1. The molecule has 3 heterocycles. The van der Waals surface area contributed by atoms with Crippen LogP contribution >= 0.6 is 0 Å². The van der Waals surface area contributed by atoms with Crippen molar-refractivity contribution < 1.29 is 13.2 Å². The molecule has 0 aromatic carbocycles. The number of fused-ring (bicyclic) bond motifs is 1. The number of aryl methyl sites for hydroxylation is 1. The van der Waals surface area contributed by atoms with Crippen LogP contribution in [0, 0.1) is 6.92 Å². The van der Waals surface area contributed by atoms with Crippen LogP contribution in [0.3, 0.4) is 0 Å². The lowest BCUT2D eigenvalue weighted by molar-refractivity contribution is 0.102. The van der Waals surface area contributed by atoms with Gasteiger partial charge >= 0.3 is 0 Å². The Morgan fingerprint density at radius 3 is 2.48 bits per heavy atom. The smallest absolute Gasteiger partial charge is 0.256 e. The SMILES string of the molecule is Cc1cn2c(S(=O)(=O)C3CCCCC3)c(C(C)C)nc2cc1C(=O)Nc1ccncc1. The number of nitrogens with zero attached hydrogens (tertiary/aromatic N) is 3. The van der Waals surface area contributed by atoms with Gasteiger partial charge in [0.2, 0.25) is 0 Å². The molecular formula is C23H28N4O3S. The first-order valence-corrected chi connectivity index (χ1v) is 12.3. The number of amides is 1. The number of rotatable bonds is 5. The van der Waals surface area contributed by atoms with E-state index in [1.54, 1.807) is 41.2 Å². The molecule has 0 spiro atoms. The molecule has 0 radical (unpaired) electrons. The summed E-state index contributed by atoms with van der Waals surface area (Å²) in [4.78, 5) is 21.5. The van der Waals surface area contributed by atoms with Crippen molar-refractivity contribution in [1.29, 1.82) is 0 Å². The molecule has 1 N–H and O–H groups in total. The van der Waals surface area contributed by atoms with Crippen molar-refractivity contribution in [3.8, 4) is 0 Å². The second-order valence-corrected chi connectivity index (χ2v) is 10.7. The molecule has 4 rings (SSSR count). The average Bonchev–Trinajstić information content (AvgIpc) is 3.14. The third-order valence-electron chi connectivity index (χ3n) is 5.93. The molecule has 0 bridgehead atoms. The Morgan fingerprint density at radius 1 is 1.16 bits per heavy atom. The van der Waals surface area contributed by atoms with E-state index in [0.29, 0.717) is 41.0 Å². The summed E-state index contributed by atoms with van der Waals surface area (Å²) in [5, 5.41) is 2.77. The van der Waals surface area contributed by atoms with Crippen molar-refractivity contribution >= 4 is 27.1 Å². The molecule has 1 amide bonds. The molecule has 3 aromatic rings.